The highest BCUT2D eigenvalue weighted by molar-refractivity contribution is 6.02. The van der Waals surface area contributed by atoms with Crippen LogP contribution in [0, 0.1) is 6.92 Å². The Morgan fingerprint density at radius 3 is 2.47 bits per heavy atom. The summed E-state index contributed by atoms with van der Waals surface area (Å²) in [5, 5.41) is 1.51. The molecule has 0 unspecified atom stereocenters. The highest BCUT2D eigenvalue weighted by Gasteiger charge is 2.18. The monoisotopic (exact) mass is 399 g/mol. The molecule has 0 amide bonds. The van der Waals surface area contributed by atoms with Crippen molar-refractivity contribution < 1.29 is 0 Å². The van der Waals surface area contributed by atoms with E-state index in [1.165, 1.54) is 11.3 Å². The largest absolute Gasteiger partial charge is 0.369 e. The van der Waals surface area contributed by atoms with Crippen LogP contribution in [0.25, 0.3) is 21.8 Å². The van der Waals surface area contributed by atoms with Crippen LogP contribution in [0.5, 0.6) is 0 Å². The summed E-state index contributed by atoms with van der Waals surface area (Å²) >= 11 is 0. The fourth-order valence-corrected chi connectivity index (χ4v) is 4.30. The first-order valence-corrected chi connectivity index (χ1v) is 10.5. The lowest BCUT2D eigenvalue weighted by molar-refractivity contribution is 0.247. The van der Waals surface area contributed by atoms with E-state index in [1.807, 2.05) is 24.3 Å². The zero-order valence-corrected chi connectivity index (χ0v) is 17.2. The van der Waals surface area contributed by atoms with Crippen molar-refractivity contribution in [2.75, 3.05) is 37.6 Å². The molecular formula is C24H25N5O. The van der Waals surface area contributed by atoms with Gasteiger partial charge in [-0.1, -0.05) is 36.4 Å². The number of hydrogen-bond donors (Lipinski definition) is 0. The topological polar surface area (TPSA) is 54.3 Å². The van der Waals surface area contributed by atoms with Gasteiger partial charge in [-0.2, -0.15) is 0 Å². The predicted octanol–water partition coefficient (Wildman–Crippen LogP) is 3.08. The molecule has 0 aliphatic carbocycles. The van der Waals surface area contributed by atoms with Gasteiger partial charge < -0.3 is 4.90 Å². The van der Waals surface area contributed by atoms with Crippen LogP contribution in [-0.2, 0) is 6.54 Å². The number of anilines is 1. The molecule has 0 N–H and O–H groups in total. The third kappa shape index (κ3) is 3.44. The molecule has 2 aromatic heterocycles. The lowest BCUT2D eigenvalue weighted by atomic mass is 10.1. The Kier molecular flexibility index (Phi) is 4.93. The van der Waals surface area contributed by atoms with Gasteiger partial charge in [-0.25, -0.2) is 4.98 Å². The summed E-state index contributed by atoms with van der Waals surface area (Å²) in [6, 6.07) is 16.4. The molecule has 0 atom stereocenters. The van der Waals surface area contributed by atoms with Crippen LogP contribution in [0.15, 0.2) is 65.8 Å². The molecule has 0 saturated carbocycles. The Morgan fingerprint density at radius 2 is 1.63 bits per heavy atom. The molecular weight excluding hydrogens is 374 g/mol. The molecule has 6 nitrogen and oxygen atoms in total. The molecule has 0 spiro atoms. The first kappa shape index (κ1) is 18.8. The van der Waals surface area contributed by atoms with Gasteiger partial charge in [0.15, 0.2) is 0 Å². The van der Waals surface area contributed by atoms with Crippen molar-refractivity contribution in [2.45, 2.75) is 13.5 Å². The van der Waals surface area contributed by atoms with Crippen molar-refractivity contribution in [1.29, 1.82) is 0 Å². The quantitative estimate of drug-likeness (QED) is 0.494. The van der Waals surface area contributed by atoms with Gasteiger partial charge in [-0.05, 0) is 24.6 Å². The zero-order valence-electron chi connectivity index (χ0n) is 17.2. The maximum absolute atomic E-state index is 13.0. The van der Waals surface area contributed by atoms with Crippen LogP contribution in [0.2, 0.25) is 0 Å². The number of aryl methyl sites for hydroxylation is 1. The van der Waals surface area contributed by atoms with E-state index in [1.54, 1.807) is 17.1 Å². The Morgan fingerprint density at radius 1 is 0.867 bits per heavy atom. The van der Waals surface area contributed by atoms with Gasteiger partial charge in [0.05, 0.1) is 22.7 Å². The Balaban J connectivity index is 1.28. The lowest BCUT2D eigenvalue weighted by Crippen LogP contribution is -2.47. The van der Waals surface area contributed by atoms with Gasteiger partial charge in [0.2, 0.25) is 0 Å². The Hall–Kier alpha value is -3.25. The van der Waals surface area contributed by atoms with Crippen LogP contribution in [0.3, 0.4) is 0 Å². The number of piperazine rings is 1. The minimum atomic E-state index is -0.0169. The van der Waals surface area contributed by atoms with Gasteiger partial charge >= 0.3 is 0 Å². The average molecular weight is 399 g/mol. The predicted molar refractivity (Wildman–Crippen MR) is 121 cm³/mol. The fourth-order valence-electron chi connectivity index (χ4n) is 4.30. The summed E-state index contributed by atoms with van der Waals surface area (Å²) in [5.74, 6) is 0. The van der Waals surface area contributed by atoms with Crippen molar-refractivity contribution in [3.05, 3.63) is 77.0 Å². The van der Waals surface area contributed by atoms with E-state index in [0.29, 0.717) is 11.9 Å². The van der Waals surface area contributed by atoms with Gasteiger partial charge in [0.25, 0.3) is 5.56 Å². The number of para-hydroxylation sites is 2. The van der Waals surface area contributed by atoms with Gasteiger partial charge in [0, 0.05) is 56.5 Å². The van der Waals surface area contributed by atoms with E-state index >= 15 is 0 Å². The Labute approximate surface area is 175 Å². The highest BCUT2D eigenvalue weighted by atomic mass is 16.1. The third-order valence-electron chi connectivity index (χ3n) is 6.05. The molecule has 1 fully saturated rings. The smallest absolute Gasteiger partial charge is 0.262 e. The van der Waals surface area contributed by atoms with E-state index in [0.717, 1.165) is 49.1 Å². The minimum Gasteiger partial charge on any atom is -0.369 e. The van der Waals surface area contributed by atoms with E-state index < -0.39 is 0 Å². The van der Waals surface area contributed by atoms with Crippen LogP contribution in [-0.4, -0.2) is 52.2 Å². The minimum absolute atomic E-state index is 0.0169. The van der Waals surface area contributed by atoms with Crippen LogP contribution >= 0.6 is 0 Å². The summed E-state index contributed by atoms with van der Waals surface area (Å²) in [6.45, 7) is 7.65. The second-order valence-electron chi connectivity index (χ2n) is 7.90. The molecule has 3 heterocycles. The maximum atomic E-state index is 13.0. The summed E-state index contributed by atoms with van der Waals surface area (Å²) in [5.41, 5.74) is 4.22. The molecule has 5 rings (SSSR count). The molecule has 152 valence electrons. The van der Waals surface area contributed by atoms with E-state index in [-0.39, 0.29) is 5.56 Å². The number of benzene rings is 2. The summed E-state index contributed by atoms with van der Waals surface area (Å²) < 4.78 is 1.71. The van der Waals surface area contributed by atoms with Crippen molar-refractivity contribution in [1.82, 2.24) is 19.4 Å². The number of hydrogen-bond acceptors (Lipinski definition) is 5. The molecule has 0 radical (unpaired) electrons. The van der Waals surface area contributed by atoms with Crippen LogP contribution < -0.4 is 10.5 Å². The van der Waals surface area contributed by atoms with Gasteiger partial charge in [-0.15, -0.1) is 0 Å². The highest BCUT2D eigenvalue weighted by Crippen LogP contribution is 2.21. The SMILES string of the molecule is Cc1ccccc1N1CCN(CCn2cnc3c(cnc4ccccc43)c2=O)CC1. The number of fused-ring (bicyclic) bond motifs is 3. The van der Waals surface area contributed by atoms with E-state index in [4.69, 9.17) is 0 Å². The molecule has 1 saturated heterocycles. The average Bonchev–Trinajstić information content (AvgIpc) is 2.79. The molecule has 6 heteroatoms. The molecule has 1 aliphatic rings. The molecule has 4 aromatic rings. The maximum Gasteiger partial charge on any atom is 0.262 e. The number of rotatable bonds is 4. The molecule has 0 bridgehead atoms. The summed E-state index contributed by atoms with van der Waals surface area (Å²) in [6.07, 6.45) is 3.34. The molecule has 2 aromatic carbocycles. The van der Waals surface area contributed by atoms with E-state index in [2.05, 4.69) is 51.0 Å². The van der Waals surface area contributed by atoms with Crippen LogP contribution in [0.1, 0.15) is 5.56 Å². The first-order chi connectivity index (χ1) is 14.7. The van der Waals surface area contributed by atoms with Crippen molar-refractivity contribution in [3.8, 4) is 0 Å². The van der Waals surface area contributed by atoms with Crippen molar-refractivity contribution in [3.63, 3.8) is 0 Å². The normalized spacial score (nSPS) is 15.2. The molecule has 30 heavy (non-hydrogen) atoms. The number of aromatic nitrogens is 3. The standard InChI is InChI=1S/C24H25N5O/c1-18-6-2-5-9-22(18)28-13-10-27(11-14-28)12-15-29-17-26-23-19-7-3-4-8-21(19)25-16-20(23)24(29)30/h2-9,16-17H,10-15H2,1H3. The van der Waals surface area contributed by atoms with E-state index in [9.17, 15) is 4.79 Å². The second kappa shape index (κ2) is 7.88. The second-order valence-corrected chi connectivity index (χ2v) is 7.90. The third-order valence-corrected chi connectivity index (χ3v) is 6.05. The Bertz CT molecular complexity index is 1260. The summed E-state index contributed by atoms with van der Waals surface area (Å²) in [4.78, 5) is 26.9. The molecule has 1 aliphatic heterocycles. The van der Waals surface area contributed by atoms with Gasteiger partial charge in [0.1, 0.15) is 0 Å². The van der Waals surface area contributed by atoms with Crippen LogP contribution in [0.4, 0.5) is 5.69 Å². The first-order valence-electron chi connectivity index (χ1n) is 10.5. The zero-order chi connectivity index (χ0) is 20.5. The fraction of sp³-hybridized carbons (Fsp3) is 0.292. The van der Waals surface area contributed by atoms with Crippen molar-refractivity contribution in [2.24, 2.45) is 0 Å². The summed E-state index contributed by atoms with van der Waals surface area (Å²) in [7, 11) is 0. The lowest BCUT2D eigenvalue weighted by Gasteiger charge is -2.36. The van der Waals surface area contributed by atoms with Gasteiger partial charge in [-0.3, -0.25) is 19.2 Å². The van der Waals surface area contributed by atoms with Crippen molar-refractivity contribution >= 4 is 27.5 Å². The number of nitrogens with zero attached hydrogens (tertiary/aromatic N) is 5. The number of pyridine rings is 1.